The second-order valence-electron chi connectivity index (χ2n) is 5.41. The lowest BCUT2D eigenvalue weighted by Gasteiger charge is -2.37. The Bertz CT molecular complexity index is 623. The summed E-state index contributed by atoms with van der Waals surface area (Å²) < 4.78 is 19.1. The Labute approximate surface area is 132 Å². The van der Waals surface area contributed by atoms with E-state index in [0.29, 0.717) is 16.4 Å². The summed E-state index contributed by atoms with van der Waals surface area (Å²) in [6.07, 6.45) is 2.15. The summed E-state index contributed by atoms with van der Waals surface area (Å²) in [6.45, 7) is 0. The molecular weight excluding hydrogens is 333 g/mol. The number of anilines is 1. The fourth-order valence-electron chi connectivity index (χ4n) is 2.71. The number of hydrogen-bond donors (Lipinski definition) is 1. The van der Waals surface area contributed by atoms with Crippen LogP contribution in [0.5, 0.6) is 5.75 Å². The highest BCUT2D eigenvalue weighted by molar-refractivity contribution is 9.10. The third kappa shape index (κ3) is 3.21. The topological polar surface area (TPSA) is 21.3 Å². The second-order valence-corrected chi connectivity index (χ2v) is 6.27. The summed E-state index contributed by atoms with van der Waals surface area (Å²) in [5.74, 6) is 1.23. The minimum Gasteiger partial charge on any atom is -0.497 e. The first-order valence-electron chi connectivity index (χ1n) is 7.01. The molecule has 0 radical (unpaired) electrons. The van der Waals surface area contributed by atoms with Gasteiger partial charge >= 0.3 is 0 Å². The van der Waals surface area contributed by atoms with Crippen molar-refractivity contribution in [3.63, 3.8) is 0 Å². The quantitative estimate of drug-likeness (QED) is 0.842. The lowest BCUT2D eigenvalue weighted by molar-refractivity contribution is 0.373. The molecule has 0 heterocycles. The Morgan fingerprint density at radius 3 is 2.48 bits per heavy atom. The highest BCUT2D eigenvalue weighted by Gasteiger charge is 2.30. The molecule has 0 spiro atoms. The number of ether oxygens (including phenoxy) is 1. The summed E-state index contributed by atoms with van der Waals surface area (Å²) in [6, 6.07) is 13.8. The van der Waals surface area contributed by atoms with E-state index in [0.717, 1.165) is 24.3 Å². The van der Waals surface area contributed by atoms with Crippen molar-refractivity contribution in [2.45, 2.75) is 24.8 Å². The van der Waals surface area contributed by atoms with Crippen LogP contribution in [0.25, 0.3) is 0 Å². The van der Waals surface area contributed by atoms with Gasteiger partial charge in [0.15, 0.2) is 0 Å². The van der Waals surface area contributed by atoms with Crippen molar-refractivity contribution in [1.29, 1.82) is 0 Å². The SMILES string of the molecule is COc1ccc(C2CC(Nc3ccc(Br)c(F)c3)C2)cc1. The monoisotopic (exact) mass is 349 g/mol. The van der Waals surface area contributed by atoms with Gasteiger partial charge in [0, 0.05) is 11.7 Å². The molecule has 4 heteroatoms. The minimum atomic E-state index is -0.231. The Hall–Kier alpha value is -1.55. The Balaban J connectivity index is 1.56. The summed E-state index contributed by atoms with van der Waals surface area (Å²) in [7, 11) is 1.68. The number of benzene rings is 2. The van der Waals surface area contributed by atoms with E-state index in [1.807, 2.05) is 18.2 Å². The van der Waals surface area contributed by atoms with Gasteiger partial charge in [-0.2, -0.15) is 0 Å². The number of methoxy groups -OCH3 is 1. The normalized spacial score (nSPS) is 20.7. The maximum atomic E-state index is 13.5. The molecule has 0 aromatic heterocycles. The Morgan fingerprint density at radius 2 is 1.86 bits per heavy atom. The predicted octanol–water partition coefficient (Wildman–Crippen LogP) is 4.95. The van der Waals surface area contributed by atoms with Crippen LogP contribution in [0.2, 0.25) is 0 Å². The van der Waals surface area contributed by atoms with Crippen molar-refractivity contribution < 1.29 is 9.13 Å². The van der Waals surface area contributed by atoms with Crippen LogP contribution in [0.4, 0.5) is 10.1 Å². The zero-order chi connectivity index (χ0) is 14.8. The average Bonchev–Trinajstić information content (AvgIpc) is 2.46. The van der Waals surface area contributed by atoms with Crippen molar-refractivity contribution in [2.24, 2.45) is 0 Å². The van der Waals surface area contributed by atoms with Crippen molar-refractivity contribution >= 4 is 21.6 Å². The average molecular weight is 350 g/mol. The van der Waals surface area contributed by atoms with E-state index in [1.54, 1.807) is 13.2 Å². The zero-order valence-electron chi connectivity index (χ0n) is 11.8. The lowest BCUT2D eigenvalue weighted by atomic mass is 9.76. The molecule has 1 N–H and O–H groups in total. The summed E-state index contributed by atoms with van der Waals surface area (Å²) in [5.41, 5.74) is 2.18. The molecule has 2 aromatic rings. The van der Waals surface area contributed by atoms with Crippen LogP contribution in [0.3, 0.4) is 0 Å². The van der Waals surface area contributed by atoms with Gasteiger partial charge in [-0.05, 0) is 70.6 Å². The fourth-order valence-corrected chi connectivity index (χ4v) is 2.95. The number of halogens is 2. The third-order valence-corrected chi connectivity index (χ3v) is 4.66. The van der Waals surface area contributed by atoms with Crippen LogP contribution >= 0.6 is 15.9 Å². The van der Waals surface area contributed by atoms with E-state index in [2.05, 4.69) is 33.4 Å². The first-order valence-corrected chi connectivity index (χ1v) is 7.80. The van der Waals surface area contributed by atoms with E-state index >= 15 is 0 Å². The van der Waals surface area contributed by atoms with Gasteiger partial charge in [-0.25, -0.2) is 4.39 Å². The fraction of sp³-hybridized carbons (Fsp3) is 0.294. The molecule has 1 aliphatic carbocycles. The highest BCUT2D eigenvalue weighted by atomic mass is 79.9. The van der Waals surface area contributed by atoms with Crippen molar-refractivity contribution in [1.82, 2.24) is 0 Å². The molecule has 110 valence electrons. The molecule has 0 bridgehead atoms. The molecule has 21 heavy (non-hydrogen) atoms. The molecule has 2 nitrogen and oxygen atoms in total. The van der Waals surface area contributed by atoms with Crippen LogP contribution in [-0.4, -0.2) is 13.2 Å². The zero-order valence-corrected chi connectivity index (χ0v) is 13.4. The molecule has 2 aromatic carbocycles. The molecule has 1 fully saturated rings. The van der Waals surface area contributed by atoms with Crippen molar-refractivity contribution in [3.05, 3.63) is 58.3 Å². The smallest absolute Gasteiger partial charge is 0.139 e. The molecular formula is C17H17BrFNO. The van der Waals surface area contributed by atoms with Crippen LogP contribution < -0.4 is 10.1 Å². The van der Waals surface area contributed by atoms with Crippen molar-refractivity contribution in [2.75, 3.05) is 12.4 Å². The van der Waals surface area contributed by atoms with Gasteiger partial charge in [-0.1, -0.05) is 12.1 Å². The van der Waals surface area contributed by atoms with Crippen LogP contribution in [0.1, 0.15) is 24.3 Å². The van der Waals surface area contributed by atoms with Gasteiger partial charge < -0.3 is 10.1 Å². The standard InChI is InChI=1S/C17H17BrFNO/c1-21-15-5-2-11(3-6-15)12-8-14(9-12)20-13-4-7-16(18)17(19)10-13/h2-7,10,12,14,20H,8-9H2,1H3. The molecule has 0 aliphatic heterocycles. The highest BCUT2D eigenvalue weighted by Crippen LogP contribution is 2.39. The molecule has 0 atom stereocenters. The van der Waals surface area contributed by atoms with Gasteiger partial charge in [-0.3, -0.25) is 0 Å². The second kappa shape index (κ2) is 6.06. The van der Waals surface area contributed by atoms with Crippen LogP contribution in [0, 0.1) is 5.82 Å². The molecule has 0 unspecified atom stereocenters. The number of rotatable bonds is 4. The van der Waals surface area contributed by atoms with Crippen LogP contribution in [-0.2, 0) is 0 Å². The van der Waals surface area contributed by atoms with E-state index in [-0.39, 0.29) is 5.82 Å². The molecule has 1 aliphatic rings. The summed E-state index contributed by atoms with van der Waals surface area (Å²) in [4.78, 5) is 0. The largest absolute Gasteiger partial charge is 0.497 e. The van der Waals surface area contributed by atoms with E-state index in [4.69, 9.17) is 4.74 Å². The maximum Gasteiger partial charge on any atom is 0.139 e. The molecule has 0 amide bonds. The van der Waals surface area contributed by atoms with Gasteiger partial charge in [0.1, 0.15) is 11.6 Å². The third-order valence-electron chi connectivity index (χ3n) is 4.02. The van der Waals surface area contributed by atoms with E-state index < -0.39 is 0 Å². The predicted molar refractivity (Wildman–Crippen MR) is 86.5 cm³/mol. The maximum absolute atomic E-state index is 13.5. The van der Waals surface area contributed by atoms with Gasteiger partial charge in [0.2, 0.25) is 0 Å². The van der Waals surface area contributed by atoms with Gasteiger partial charge in [-0.15, -0.1) is 0 Å². The van der Waals surface area contributed by atoms with Crippen molar-refractivity contribution in [3.8, 4) is 5.75 Å². The Morgan fingerprint density at radius 1 is 1.14 bits per heavy atom. The first-order chi connectivity index (χ1) is 10.2. The lowest BCUT2D eigenvalue weighted by Crippen LogP contribution is -2.34. The number of hydrogen-bond acceptors (Lipinski definition) is 2. The molecule has 1 saturated carbocycles. The molecule has 3 rings (SSSR count). The summed E-state index contributed by atoms with van der Waals surface area (Å²) >= 11 is 3.17. The van der Waals surface area contributed by atoms with E-state index in [1.165, 1.54) is 11.6 Å². The Kier molecular flexibility index (Phi) is 4.15. The minimum absolute atomic E-state index is 0.231. The van der Waals surface area contributed by atoms with Gasteiger partial charge in [0.25, 0.3) is 0 Å². The molecule has 0 saturated heterocycles. The number of nitrogens with one attached hydrogen (secondary N) is 1. The van der Waals surface area contributed by atoms with E-state index in [9.17, 15) is 4.39 Å². The van der Waals surface area contributed by atoms with Gasteiger partial charge in [0.05, 0.1) is 11.6 Å². The summed E-state index contributed by atoms with van der Waals surface area (Å²) in [5, 5.41) is 3.38. The van der Waals surface area contributed by atoms with Crippen LogP contribution in [0.15, 0.2) is 46.9 Å². The first kappa shape index (κ1) is 14.4.